The summed E-state index contributed by atoms with van der Waals surface area (Å²) >= 11 is 0. The van der Waals surface area contributed by atoms with Gasteiger partial charge in [0, 0.05) is 39.7 Å². The number of hydrogen-bond donors (Lipinski definition) is 1. The van der Waals surface area contributed by atoms with Gasteiger partial charge in [-0.2, -0.15) is 0 Å². The summed E-state index contributed by atoms with van der Waals surface area (Å²) in [7, 11) is 3.79. The standard InChI is InChI=1S/C20H32FN3O/c1-20(2,3)18-16(7-6-12-25-18)13-23-19(22-4)24(5)14-15-8-10-17(21)11-9-15/h8-11,16,18H,6-7,12-14H2,1-5H3,(H,22,23). The van der Waals surface area contributed by atoms with E-state index in [4.69, 9.17) is 4.74 Å². The molecule has 25 heavy (non-hydrogen) atoms. The van der Waals surface area contributed by atoms with Gasteiger partial charge in [-0.15, -0.1) is 0 Å². The first-order chi connectivity index (χ1) is 11.8. The van der Waals surface area contributed by atoms with E-state index in [1.807, 2.05) is 19.2 Å². The molecule has 1 heterocycles. The second-order valence-corrected chi connectivity index (χ2v) is 7.97. The molecule has 2 unspecified atom stereocenters. The zero-order chi connectivity index (χ0) is 18.4. The molecule has 1 aromatic rings. The Bertz CT molecular complexity index is 565. The maximum Gasteiger partial charge on any atom is 0.193 e. The van der Waals surface area contributed by atoms with Gasteiger partial charge in [-0.05, 0) is 36.0 Å². The van der Waals surface area contributed by atoms with E-state index >= 15 is 0 Å². The molecule has 1 saturated heterocycles. The molecule has 0 aliphatic carbocycles. The predicted octanol–water partition coefficient (Wildman–Crippen LogP) is 3.67. The Morgan fingerprint density at radius 2 is 2.00 bits per heavy atom. The van der Waals surface area contributed by atoms with E-state index in [0.717, 1.165) is 31.1 Å². The number of benzene rings is 1. The van der Waals surface area contributed by atoms with Crippen LogP contribution in [0.4, 0.5) is 4.39 Å². The highest BCUT2D eigenvalue weighted by Crippen LogP contribution is 2.33. The number of ether oxygens (including phenoxy) is 1. The lowest BCUT2D eigenvalue weighted by molar-refractivity contribution is -0.0836. The van der Waals surface area contributed by atoms with Crippen molar-refractivity contribution in [3.63, 3.8) is 0 Å². The maximum atomic E-state index is 13.0. The van der Waals surface area contributed by atoms with Crippen LogP contribution in [0.25, 0.3) is 0 Å². The fraction of sp³-hybridized carbons (Fsp3) is 0.650. The van der Waals surface area contributed by atoms with Crippen molar-refractivity contribution in [2.24, 2.45) is 16.3 Å². The fourth-order valence-electron chi connectivity index (χ4n) is 3.56. The van der Waals surface area contributed by atoms with Gasteiger partial charge in [0.1, 0.15) is 5.82 Å². The predicted molar refractivity (Wildman–Crippen MR) is 101 cm³/mol. The third-order valence-corrected chi connectivity index (χ3v) is 4.73. The van der Waals surface area contributed by atoms with E-state index in [9.17, 15) is 4.39 Å². The summed E-state index contributed by atoms with van der Waals surface area (Å²) in [4.78, 5) is 6.45. The first-order valence-corrected chi connectivity index (χ1v) is 9.09. The van der Waals surface area contributed by atoms with Gasteiger partial charge >= 0.3 is 0 Å². The number of halogens is 1. The second-order valence-electron chi connectivity index (χ2n) is 7.97. The molecular weight excluding hydrogens is 317 g/mol. The van der Waals surface area contributed by atoms with Crippen LogP contribution in [0.3, 0.4) is 0 Å². The Morgan fingerprint density at radius 3 is 2.60 bits per heavy atom. The van der Waals surface area contributed by atoms with Crippen LogP contribution in [0.2, 0.25) is 0 Å². The van der Waals surface area contributed by atoms with Crippen LogP contribution in [-0.2, 0) is 11.3 Å². The van der Waals surface area contributed by atoms with Gasteiger partial charge < -0.3 is 15.0 Å². The number of guanidine groups is 1. The molecule has 5 heteroatoms. The van der Waals surface area contributed by atoms with Crippen LogP contribution in [0.1, 0.15) is 39.2 Å². The van der Waals surface area contributed by atoms with Crippen LogP contribution in [0.15, 0.2) is 29.3 Å². The zero-order valence-electron chi connectivity index (χ0n) is 16.2. The maximum absolute atomic E-state index is 13.0. The summed E-state index contributed by atoms with van der Waals surface area (Å²) in [6.45, 7) is 9.12. The third kappa shape index (κ3) is 5.70. The Morgan fingerprint density at radius 1 is 1.32 bits per heavy atom. The van der Waals surface area contributed by atoms with Gasteiger partial charge in [-0.3, -0.25) is 4.99 Å². The Balaban J connectivity index is 1.93. The lowest BCUT2D eigenvalue weighted by atomic mass is 9.78. The molecule has 4 nitrogen and oxygen atoms in total. The van der Waals surface area contributed by atoms with Gasteiger partial charge in [0.05, 0.1) is 6.10 Å². The van der Waals surface area contributed by atoms with Crippen molar-refractivity contribution in [2.75, 3.05) is 27.2 Å². The van der Waals surface area contributed by atoms with Crippen LogP contribution in [0.5, 0.6) is 0 Å². The summed E-state index contributed by atoms with van der Waals surface area (Å²) in [5.74, 6) is 1.12. The van der Waals surface area contributed by atoms with Gasteiger partial charge in [0.15, 0.2) is 5.96 Å². The highest BCUT2D eigenvalue weighted by Gasteiger charge is 2.35. The topological polar surface area (TPSA) is 36.9 Å². The molecule has 1 aromatic carbocycles. The number of rotatable bonds is 4. The van der Waals surface area contributed by atoms with Crippen molar-refractivity contribution in [3.8, 4) is 0 Å². The van der Waals surface area contributed by atoms with Crippen LogP contribution in [-0.4, -0.2) is 44.2 Å². The van der Waals surface area contributed by atoms with Crippen molar-refractivity contribution in [2.45, 2.75) is 46.3 Å². The molecule has 0 saturated carbocycles. The minimum atomic E-state index is -0.209. The largest absolute Gasteiger partial charge is 0.377 e. The summed E-state index contributed by atoms with van der Waals surface area (Å²) in [5.41, 5.74) is 1.19. The molecule has 0 bridgehead atoms. The Hall–Kier alpha value is -1.62. The molecular formula is C20H32FN3O. The Kier molecular flexibility index (Phi) is 6.82. The molecule has 0 spiro atoms. The van der Waals surface area contributed by atoms with Crippen molar-refractivity contribution in [1.29, 1.82) is 0 Å². The van der Waals surface area contributed by atoms with E-state index in [1.54, 1.807) is 7.05 Å². The summed E-state index contributed by atoms with van der Waals surface area (Å²) in [5, 5.41) is 3.49. The van der Waals surface area contributed by atoms with Gasteiger partial charge in [-0.25, -0.2) is 4.39 Å². The number of nitrogens with one attached hydrogen (secondary N) is 1. The smallest absolute Gasteiger partial charge is 0.193 e. The lowest BCUT2D eigenvalue weighted by Crippen LogP contribution is -2.47. The van der Waals surface area contributed by atoms with E-state index < -0.39 is 0 Å². The molecule has 0 aromatic heterocycles. The molecule has 0 amide bonds. The Labute approximate surface area is 151 Å². The zero-order valence-corrected chi connectivity index (χ0v) is 16.2. The first kappa shape index (κ1) is 19.7. The van der Waals surface area contributed by atoms with Crippen molar-refractivity contribution in [3.05, 3.63) is 35.6 Å². The highest BCUT2D eigenvalue weighted by molar-refractivity contribution is 5.79. The molecule has 1 aliphatic rings. The number of hydrogen-bond acceptors (Lipinski definition) is 2. The normalized spacial score (nSPS) is 21.9. The van der Waals surface area contributed by atoms with E-state index in [2.05, 4.69) is 36.0 Å². The summed E-state index contributed by atoms with van der Waals surface area (Å²) < 4.78 is 19.1. The molecule has 1 aliphatic heterocycles. The quantitative estimate of drug-likeness (QED) is 0.665. The average molecular weight is 349 g/mol. The molecule has 1 N–H and O–H groups in total. The van der Waals surface area contributed by atoms with Crippen LogP contribution < -0.4 is 5.32 Å². The molecule has 2 atom stereocenters. The van der Waals surface area contributed by atoms with Gasteiger partial charge in [0.2, 0.25) is 0 Å². The monoisotopic (exact) mass is 349 g/mol. The number of nitrogens with zero attached hydrogens (tertiary/aromatic N) is 2. The SMILES string of the molecule is CN=C(NCC1CCCOC1C(C)(C)C)N(C)Cc1ccc(F)cc1. The lowest BCUT2D eigenvalue weighted by Gasteiger charge is -2.40. The highest BCUT2D eigenvalue weighted by atomic mass is 19.1. The molecule has 1 fully saturated rings. The van der Waals surface area contributed by atoms with E-state index in [-0.39, 0.29) is 17.3 Å². The minimum Gasteiger partial charge on any atom is -0.377 e. The van der Waals surface area contributed by atoms with Gasteiger partial charge in [-0.1, -0.05) is 32.9 Å². The van der Waals surface area contributed by atoms with Crippen LogP contribution >= 0.6 is 0 Å². The third-order valence-electron chi connectivity index (χ3n) is 4.73. The van der Waals surface area contributed by atoms with Crippen molar-refractivity contribution in [1.82, 2.24) is 10.2 Å². The van der Waals surface area contributed by atoms with Crippen molar-refractivity contribution >= 4 is 5.96 Å². The summed E-state index contributed by atoms with van der Waals surface area (Å²) in [6, 6.07) is 6.60. The minimum absolute atomic E-state index is 0.135. The molecule has 140 valence electrons. The average Bonchev–Trinajstić information content (AvgIpc) is 2.57. The van der Waals surface area contributed by atoms with Crippen molar-refractivity contribution < 1.29 is 9.13 Å². The summed E-state index contributed by atoms with van der Waals surface area (Å²) in [6.07, 6.45) is 2.55. The van der Waals surface area contributed by atoms with Gasteiger partial charge in [0.25, 0.3) is 0 Å². The number of aliphatic imine (C=N–C) groups is 1. The second kappa shape index (κ2) is 8.65. The van der Waals surface area contributed by atoms with E-state index in [0.29, 0.717) is 12.5 Å². The molecule has 2 rings (SSSR count). The van der Waals surface area contributed by atoms with E-state index in [1.165, 1.54) is 18.6 Å². The molecule has 0 radical (unpaired) electrons. The fourth-order valence-corrected chi connectivity index (χ4v) is 3.56. The van der Waals surface area contributed by atoms with Crippen LogP contribution in [0, 0.1) is 17.2 Å². The first-order valence-electron chi connectivity index (χ1n) is 9.09.